The highest BCUT2D eigenvalue weighted by atomic mass is 33.1. The minimum Gasteiger partial charge on any atom is -0.478 e. The summed E-state index contributed by atoms with van der Waals surface area (Å²) in [5.74, 6) is 0.611. The standard InChI is InChI=1S/C15H25N2O3PS2/c1-4-9-22-21(18,20-6-3)23-11-13-10-14(19-5-2)17-15(16-13)12-7-8-12/h10,12H,4-9,11H2,1-3H3. The fourth-order valence-electron chi connectivity index (χ4n) is 1.93. The Morgan fingerprint density at radius 3 is 2.61 bits per heavy atom. The summed E-state index contributed by atoms with van der Waals surface area (Å²) in [7, 11) is 0. The molecule has 1 fully saturated rings. The highest BCUT2D eigenvalue weighted by molar-refractivity contribution is 8.89. The summed E-state index contributed by atoms with van der Waals surface area (Å²) in [5, 5.41) is 0. The second-order valence-electron chi connectivity index (χ2n) is 5.23. The van der Waals surface area contributed by atoms with Crippen molar-refractivity contribution >= 4 is 28.5 Å². The molecule has 0 spiro atoms. The Bertz CT molecular complexity index is 556. The van der Waals surface area contributed by atoms with Crippen molar-refractivity contribution in [2.24, 2.45) is 0 Å². The van der Waals surface area contributed by atoms with E-state index in [1.807, 2.05) is 19.9 Å². The van der Waals surface area contributed by atoms with Gasteiger partial charge in [-0.3, -0.25) is 4.57 Å². The number of nitrogens with zero attached hydrogens (tertiary/aromatic N) is 2. The highest BCUT2D eigenvalue weighted by Gasteiger charge is 2.29. The summed E-state index contributed by atoms with van der Waals surface area (Å²) < 4.78 is 23.9. The van der Waals surface area contributed by atoms with E-state index in [2.05, 4.69) is 16.9 Å². The second-order valence-corrected chi connectivity index (χ2v) is 12.7. The summed E-state index contributed by atoms with van der Waals surface area (Å²) in [5.41, 5.74) is 0.868. The van der Waals surface area contributed by atoms with Crippen LogP contribution >= 0.6 is 28.5 Å². The van der Waals surface area contributed by atoms with Crippen molar-refractivity contribution in [2.75, 3.05) is 19.0 Å². The van der Waals surface area contributed by atoms with Gasteiger partial charge in [0.05, 0.1) is 18.9 Å². The Balaban J connectivity index is 2.06. The van der Waals surface area contributed by atoms with Gasteiger partial charge in [-0.15, -0.1) is 0 Å². The molecule has 23 heavy (non-hydrogen) atoms. The smallest absolute Gasteiger partial charge is 0.313 e. The SMILES string of the molecule is CCCSP(=O)(OCC)SCc1cc(OCC)nc(C2CC2)n1. The molecule has 0 radical (unpaired) electrons. The largest absolute Gasteiger partial charge is 0.478 e. The van der Waals surface area contributed by atoms with E-state index >= 15 is 0 Å². The van der Waals surface area contributed by atoms with E-state index in [9.17, 15) is 4.57 Å². The Morgan fingerprint density at radius 1 is 1.22 bits per heavy atom. The molecule has 5 nitrogen and oxygen atoms in total. The van der Waals surface area contributed by atoms with Gasteiger partial charge in [0, 0.05) is 23.5 Å². The number of hydrogen-bond acceptors (Lipinski definition) is 7. The van der Waals surface area contributed by atoms with Gasteiger partial charge in [-0.1, -0.05) is 29.7 Å². The first-order valence-electron chi connectivity index (χ1n) is 8.14. The fourth-order valence-corrected chi connectivity index (χ4v) is 8.52. The minimum atomic E-state index is -2.72. The third-order valence-corrected chi connectivity index (χ3v) is 10.7. The van der Waals surface area contributed by atoms with Gasteiger partial charge < -0.3 is 9.26 Å². The molecule has 1 atom stereocenters. The van der Waals surface area contributed by atoms with E-state index in [4.69, 9.17) is 9.26 Å². The van der Waals surface area contributed by atoms with Crippen LogP contribution in [0, 0.1) is 0 Å². The van der Waals surface area contributed by atoms with E-state index in [0.29, 0.717) is 30.8 Å². The first kappa shape index (κ1) is 19.1. The molecule has 0 N–H and O–H groups in total. The quantitative estimate of drug-likeness (QED) is 0.487. The van der Waals surface area contributed by atoms with Crippen LogP contribution in [0.15, 0.2) is 6.07 Å². The van der Waals surface area contributed by atoms with Gasteiger partial charge >= 0.3 is 5.77 Å². The molecule has 2 rings (SSSR count). The first-order valence-corrected chi connectivity index (χ1v) is 12.9. The van der Waals surface area contributed by atoms with Gasteiger partial charge in [0.2, 0.25) is 5.88 Å². The third-order valence-electron chi connectivity index (χ3n) is 3.12. The fraction of sp³-hybridized carbons (Fsp3) is 0.733. The molecule has 1 unspecified atom stereocenters. The molecular weight excluding hydrogens is 351 g/mol. The van der Waals surface area contributed by atoms with Crippen molar-refractivity contribution in [3.05, 3.63) is 17.6 Å². The van der Waals surface area contributed by atoms with Crippen LogP contribution in [0.5, 0.6) is 5.88 Å². The Kier molecular flexibility index (Phi) is 7.73. The van der Waals surface area contributed by atoms with Crippen LogP contribution in [-0.2, 0) is 14.8 Å². The maximum absolute atomic E-state index is 12.8. The Morgan fingerprint density at radius 2 is 2.00 bits per heavy atom. The minimum absolute atomic E-state index is 0.461. The predicted molar refractivity (Wildman–Crippen MR) is 98.5 cm³/mol. The molecule has 0 aliphatic heterocycles. The molecule has 130 valence electrons. The van der Waals surface area contributed by atoms with E-state index in [1.165, 1.54) is 22.8 Å². The van der Waals surface area contributed by atoms with Crippen LogP contribution in [0.4, 0.5) is 0 Å². The molecule has 1 aliphatic rings. The number of rotatable bonds is 11. The summed E-state index contributed by atoms with van der Waals surface area (Å²) in [6.07, 6.45) is 3.27. The lowest BCUT2D eigenvalue weighted by molar-refractivity contribution is 0.324. The van der Waals surface area contributed by atoms with Gasteiger partial charge in [0.1, 0.15) is 5.82 Å². The third kappa shape index (κ3) is 6.29. The number of hydrogen-bond donors (Lipinski definition) is 0. The molecule has 8 heteroatoms. The zero-order chi connectivity index (χ0) is 16.7. The molecule has 1 aromatic rings. The van der Waals surface area contributed by atoms with Gasteiger partial charge in [-0.05, 0) is 33.1 Å². The molecular formula is C15H25N2O3PS2. The van der Waals surface area contributed by atoms with Crippen LogP contribution in [0.1, 0.15) is 57.5 Å². The summed E-state index contributed by atoms with van der Waals surface area (Å²) in [4.78, 5) is 9.09. The zero-order valence-corrected chi connectivity index (χ0v) is 16.5. The molecule has 0 saturated heterocycles. The Labute approximate surface area is 146 Å². The van der Waals surface area contributed by atoms with Crippen LogP contribution in [0.25, 0.3) is 0 Å². The monoisotopic (exact) mass is 376 g/mol. The van der Waals surface area contributed by atoms with Crippen molar-refractivity contribution in [1.82, 2.24) is 9.97 Å². The van der Waals surface area contributed by atoms with Crippen LogP contribution in [0.3, 0.4) is 0 Å². The van der Waals surface area contributed by atoms with Crippen LogP contribution < -0.4 is 4.74 Å². The lowest BCUT2D eigenvalue weighted by Crippen LogP contribution is -2.02. The topological polar surface area (TPSA) is 61.3 Å². The van der Waals surface area contributed by atoms with Crippen molar-refractivity contribution in [2.45, 2.75) is 51.7 Å². The van der Waals surface area contributed by atoms with Crippen molar-refractivity contribution in [3.63, 3.8) is 0 Å². The van der Waals surface area contributed by atoms with Crippen molar-refractivity contribution < 1.29 is 13.8 Å². The Hall–Kier alpha value is -0.230. The van der Waals surface area contributed by atoms with Gasteiger partial charge in [-0.25, -0.2) is 4.98 Å². The number of aromatic nitrogens is 2. The van der Waals surface area contributed by atoms with Gasteiger partial charge in [0.25, 0.3) is 0 Å². The molecule has 1 heterocycles. The first-order chi connectivity index (χ1) is 11.1. The molecule has 0 aromatic carbocycles. The van der Waals surface area contributed by atoms with Gasteiger partial charge in [0.15, 0.2) is 0 Å². The van der Waals surface area contributed by atoms with E-state index < -0.39 is 5.77 Å². The van der Waals surface area contributed by atoms with Crippen molar-refractivity contribution in [1.29, 1.82) is 0 Å². The second kappa shape index (κ2) is 9.30. The lowest BCUT2D eigenvalue weighted by Gasteiger charge is -2.16. The van der Waals surface area contributed by atoms with E-state index in [-0.39, 0.29) is 0 Å². The van der Waals surface area contributed by atoms with Gasteiger partial charge in [-0.2, -0.15) is 4.98 Å². The summed E-state index contributed by atoms with van der Waals surface area (Å²) >= 11 is 2.79. The molecule has 0 bridgehead atoms. The van der Waals surface area contributed by atoms with Crippen LogP contribution in [0.2, 0.25) is 0 Å². The average Bonchev–Trinajstić information content (AvgIpc) is 3.37. The normalized spacial score (nSPS) is 17.0. The van der Waals surface area contributed by atoms with Crippen LogP contribution in [-0.4, -0.2) is 28.9 Å². The predicted octanol–water partition coefficient (Wildman–Crippen LogP) is 5.27. The zero-order valence-electron chi connectivity index (χ0n) is 14.0. The highest BCUT2D eigenvalue weighted by Crippen LogP contribution is 2.70. The summed E-state index contributed by atoms with van der Waals surface area (Å²) in [6.45, 7) is 6.94. The molecule has 1 aliphatic carbocycles. The number of ether oxygens (including phenoxy) is 1. The maximum atomic E-state index is 12.8. The summed E-state index contributed by atoms with van der Waals surface area (Å²) in [6, 6.07) is 1.85. The lowest BCUT2D eigenvalue weighted by atomic mass is 10.3. The average molecular weight is 376 g/mol. The molecule has 1 saturated carbocycles. The van der Waals surface area contributed by atoms with Crippen molar-refractivity contribution in [3.8, 4) is 5.88 Å². The molecule has 0 amide bonds. The maximum Gasteiger partial charge on any atom is 0.313 e. The van der Waals surface area contributed by atoms with E-state index in [1.54, 1.807) is 0 Å². The molecule has 1 aromatic heterocycles. The van der Waals surface area contributed by atoms with E-state index in [0.717, 1.165) is 36.5 Å².